The Morgan fingerprint density at radius 2 is 2.22 bits per heavy atom. The van der Waals surface area contributed by atoms with Crippen molar-refractivity contribution in [1.82, 2.24) is 24.3 Å². The van der Waals surface area contributed by atoms with Crippen LogP contribution in [-0.4, -0.2) is 77.9 Å². The summed E-state index contributed by atoms with van der Waals surface area (Å²) in [4.78, 5) is 48.0. The summed E-state index contributed by atoms with van der Waals surface area (Å²) in [6.45, 7) is 2.02. The lowest BCUT2D eigenvalue weighted by molar-refractivity contribution is -0.767. The topological polar surface area (TPSA) is 218 Å². The number of nitrogens with one attached hydrogen (secondary N) is 1. The van der Waals surface area contributed by atoms with Crippen molar-refractivity contribution >= 4 is 57.7 Å². The Balaban J connectivity index is 1.54. The van der Waals surface area contributed by atoms with Crippen LogP contribution in [0.2, 0.25) is 0 Å². The molecule has 2 aromatic heterocycles. The molecule has 17 heteroatoms. The largest absolute Gasteiger partial charge is 0.543 e. The quantitative estimate of drug-likeness (QED) is 0.101. The summed E-state index contributed by atoms with van der Waals surface area (Å²) in [5.41, 5.74) is 11.4. The van der Waals surface area contributed by atoms with Gasteiger partial charge in [-0.25, -0.2) is 0 Å². The van der Waals surface area contributed by atoms with E-state index in [-0.39, 0.29) is 54.4 Å². The van der Waals surface area contributed by atoms with Crippen LogP contribution in [0, 0.1) is 0 Å². The monoisotopic (exact) mass is 537 g/mol. The molecule has 4 heterocycles. The van der Waals surface area contributed by atoms with Crippen LogP contribution in [0.3, 0.4) is 0 Å². The van der Waals surface area contributed by atoms with Crippen molar-refractivity contribution in [3.63, 3.8) is 0 Å². The number of carbonyl (C=O) groups excluding carboxylic acids is 3. The molecular weight excluding hydrogens is 514 g/mol. The van der Waals surface area contributed by atoms with Crippen LogP contribution in [0.15, 0.2) is 28.7 Å². The first-order chi connectivity index (χ1) is 17.3. The van der Waals surface area contributed by atoms with Gasteiger partial charge in [-0.1, -0.05) is 5.16 Å². The third kappa shape index (κ3) is 4.71. The van der Waals surface area contributed by atoms with Gasteiger partial charge in [0.2, 0.25) is 11.5 Å². The minimum Gasteiger partial charge on any atom is -0.543 e. The number of nitrogen functional groups attached to an aromatic ring is 2. The number of fused-ring (bicyclic) bond motifs is 1. The second-order valence-corrected chi connectivity index (χ2v) is 9.49. The number of aliphatic hydroxyl groups is 1. The molecule has 4 rings (SSSR count). The fourth-order valence-corrected chi connectivity index (χ4v) is 5.58. The highest BCUT2D eigenvalue weighted by atomic mass is 32.2. The first-order valence-corrected chi connectivity index (χ1v) is 12.5. The number of oxime groups is 1. The molecular formula is C19H23N9O6S2. The molecule has 6 N–H and O–H groups in total. The van der Waals surface area contributed by atoms with Crippen molar-refractivity contribution in [2.45, 2.75) is 31.4 Å². The number of amides is 2. The van der Waals surface area contributed by atoms with Crippen LogP contribution < -0.4 is 26.6 Å². The summed E-state index contributed by atoms with van der Waals surface area (Å²) in [5, 5.41) is 27.1. The zero-order valence-corrected chi connectivity index (χ0v) is 20.6. The molecule has 15 nitrogen and oxygen atoms in total. The molecule has 0 bridgehead atoms. The lowest BCUT2D eigenvalue weighted by Gasteiger charge is -2.50. The number of carboxylic acids is 1. The molecule has 2 amide bonds. The number of anilines is 2. The van der Waals surface area contributed by atoms with Crippen molar-refractivity contribution in [2.24, 2.45) is 5.16 Å². The van der Waals surface area contributed by atoms with E-state index < -0.39 is 29.2 Å². The van der Waals surface area contributed by atoms with Gasteiger partial charge in [0.05, 0.1) is 24.3 Å². The SMILES string of the molecule is CCO/N=C(\C(=O)N[C@@H]1C(=O)N2C(C(=O)[O-])=C(C[n+]3ccc(N)n3CCO)CS[C@H]12)c1nsc(N)n1. The van der Waals surface area contributed by atoms with Gasteiger partial charge < -0.3 is 36.6 Å². The van der Waals surface area contributed by atoms with Crippen LogP contribution in [0.5, 0.6) is 0 Å². The summed E-state index contributed by atoms with van der Waals surface area (Å²) in [5.74, 6) is -2.30. The highest BCUT2D eigenvalue weighted by Crippen LogP contribution is 2.40. The minimum atomic E-state index is -1.51. The highest BCUT2D eigenvalue weighted by molar-refractivity contribution is 8.00. The number of hydrogen-bond acceptors (Lipinski definition) is 13. The second kappa shape index (κ2) is 10.5. The maximum absolute atomic E-state index is 13.0. The van der Waals surface area contributed by atoms with E-state index in [1.54, 1.807) is 28.6 Å². The van der Waals surface area contributed by atoms with Gasteiger partial charge >= 0.3 is 0 Å². The Morgan fingerprint density at radius 1 is 1.44 bits per heavy atom. The average molecular weight is 538 g/mol. The number of carboxylic acid groups (broad SMARTS) is 1. The van der Waals surface area contributed by atoms with E-state index in [1.165, 1.54) is 11.8 Å². The number of aliphatic hydroxyl groups excluding tert-OH is 1. The Labute approximate surface area is 212 Å². The van der Waals surface area contributed by atoms with E-state index in [2.05, 4.69) is 19.8 Å². The first kappa shape index (κ1) is 25.4. The highest BCUT2D eigenvalue weighted by Gasteiger charge is 2.53. The second-order valence-electron chi connectivity index (χ2n) is 7.60. The van der Waals surface area contributed by atoms with E-state index in [4.69, 9.17) is 16.3 Å². The molecule has 2 aromatic rings. The predicted molar refractivity (Wildman–Crippen MR) is 126 cm³/mol. The van der Waals surface area contributed by atoms with Crippen LogP contribution >= 0.6 is 23.3 Å². The molecule has 0 aliphatic carbocycles. The zero-order valence-electron chi connectivity index (χ0n) is 19.0. The summed E-state index contributed by atoms with van der Waals surface area (Å²) in [6, 6.07) is 0.614. The summed E-state index contributed by atoms with van der Waals surface area (Å²) in [6.07, 6.45) is 1.65. The predicted octanol–water partition coefficient (Wildman–Crippen LogP) is -3.37. The molecule has 192 valence electrons. The zero-order chi connectivity index (χ0) is 26.0. The van der Waals surface area contributed by atoms with Crippen molar-refractivity contribution in [2.75, 3.05) is 30.4 Å². The first-order valence-electron chi connectivity index (χ1n) is 10.7. The molecule has 0 saturated carbocycles. The number of aliphatic carboxylic acids is 1. The number of hydrogen-bond donors (Lipinski definition) is 4. The van der Waals surface area contributed by atoms with Crippen LogP contribution in [0.4, 0.5) is 10.9 Å². The standard InChI is InChI=1S/C19H23N9O6S2/c1-2-34-24-11(14-23-19(21)36-25-14)15(30)22-12-16(31)28-13(18(32)33)9(8-35-17(12)28)7-26-4-3-10(20)27(26)5-6-29/h3-4,12,17,20,29H,2,5-8H2,1H3,(H4,21,22,23,25,30,32,33)/b24-11-/t12-,17-/m1/s1. The minimum absolute atomic E-state index is 0.0526. The fraction of sp³-hybridized carbons (Fsp3) is 0.421. The number of thioether (sulfide) groups is 1. The van der Waals surface area contributed by atoms with Gasteiger partial charge in [-0.2, -0.15) is 9.36 Å². The van der Waals surface area contributed by atoms with Gasteiger partial charge in [0.25, 0.3) is 11.8 Å². The number of nitrogens with zero attached hydrogens (tertiary/aromatic N) is 6. The molecule has 0 aromatic carbocycles. The average Bonchev–Trinajstić information content (AvgIpc) is 3.43. The number of nitrogens with two attached hydrogens (primary N) is 2. The van der Waals surface area contributed by atoms with E-state index in [1.807, 2.05) is 0 Å². The molecule has 36 heavy (non-hydrogen) atoms. The van der Waals surface area contributed by atoms with Gasteiger partial charge in [0.15, 0.2) is 23.7 Å². The molecule has 0 spiro atoms. The van der Waals surface area contributed by atoms with E-state index in [0.29, 0.717) is 11.4 Å². The van der Waals surface area contributed by atoms with E-state index in [9.17, 15) is 24.6 Å². The van der Waals surface area contributed by atoms with Crippen molar-refractivity contribution < 1.29 is 34.1 Å². The van der Waals surface area contributed by atoms with Gasteiger partial charge in [-0.05, 0) is 6.92 Å². The van der Waals surface area contributed by atoms with Crippen molar-refractivity contribution in [1.29, 1.82) is 0 Å². The van der Waals surface area contributed by atoms with Gasteiger partial charge in [0, 0.05) is 22.9 Å². The van der Waals surface area contributed by atoms with Crippen LogP contribution in [-0.2, 0) is 32.3 Å². The lowest BCUT2D eigenvalue weighted by atomic mass is 10.0. The van der Waals surface area contributed by atoms with Crippen molar-refractivity contribution in [3.05, 3.63) is 29.4 Å². The third-order valence-corrected chi connectivity index (χ3v) is 7.25. The fourth-order valence-electron chi connectivity index (χ4n) is 3.81. The third-order valence-electron chi connectivity index (χ3n) is 5.37. The Morgan fingerprint density at radius 3 is 2.86 bits per heavy atom. The number of β-lactam (4-membered cyclic amide) rings is 1. The van der Waals surface area contributed by atoms with Gasteiger partial charge in [-0.15, -0.1) is 21.1 Å². The Bertz CT molecular complexity index is 1260. The summed E-state index contributed by atoms with van der Waals surface area (Å²) in [7, 11) is 0. The number of carbonyl (C=O) groups is 3. The lowest BCUT2D eigenvalue weighted by Crippen LogP contribution is -2.71. The molecule has 2 aliphatic heterocycles. The summed E-state index contributed by atoms with van der Waals surface area (Å²) >= 11 is 2.16. The molecule has 2 atom stereocenters. The molecule has 1 fully saturated rings. The van der Waals surface area contributed by atoms with Gasteiger partial charge in [0.1, 0.15) is 24.6 Å². The maximum atomic E-state index is 13.0. The molecule has 1 saturated heterocycles. The molecule has 0 unspecified atom stereocenters. The Hall–Kier alpha value is -3.70. The molecule has 2 aliphatic rings. The summed E-state index contributed by atoms with van der Waals surface area (Å²) < 4.78 is 7.20. The van der Waals surface area contributed by atoms with E-state index in [0.717, 1.165) is 16.4 Å². The van der Waals surface area contributed by atoms with E-state index >= 15 is 0 Å². The smallest absolute Gasteiger partial charge is 0.278 e. The number of rotatable bonds is 10. The molecule has 0 radical (unpaired) electrons. The van der Waals surface area contributed by atoms with Crippen molar-refractivity contribution in [3.8, 4) is 0 Å². The van der Waals surface area contributed by atoms with Crippen LogP contribution in [0.1, 0.15) is 12.7 Å². The number of aromatic nitrogens is 4. The van der Waals surface area contributed by atoms with Gasteiger partial charge in [-0.3, -0.25) is 14.5 Å². The normalized spacial score (nSPS) is 19.7. The maximum Gasteiger partial charge on any atom is 0.278 e. The van der Waals surface area contributed by atoms with Crippen LogP contribution in [0.25, 0.3) is 0 Å². The Kier molecular flexibility index (Phi) is 7.41.